The lowest BCUT2D eigenvalue weighted by molar-refractivity contribution is 0.784. The van der Waals surface area contributed by atoms with E-state index < -0.39 is 0 Å². The molecule has 0 spiro atoms. The highest BCUT2D eigenvalue weighted by molar-refractivity contribution is 9.10. The van der Waals surface area contributed by atoms with Gasteiger partial charge >= 0.3 is 0 Å². The third kappa shape index (κ3) is 2.85. The summed E-state index contributed by atoms with van der Waals surface area (Å²) in [6.45, 7) is 4.37. The average molecular weight is 348 g/mol. The molecule has 0 aliphatic carbocycles. The maximum atomic E-state index is 4.38. The molecule has 3 aromatic rings. The van der Waals surface area contributed by atoms with Gasteiger partial charge in [0.25, 0.3) is 5.78 Å². The summed E-state index contributed by atoms with van der Waals surface area (Å²) in [4.78, 5) is 19.3. The van der Waals surface area contributed by atoms with E-state index in [2.05, 4.69) is 41.0 Å². The van der Waals surface area contributed by atoms with Crippen LogP contribution in [0.25, 0.3) is 5.78 Å². The van der Waals surface area contributed by atoms with E-state index in [9.17, 15) is 0 Å². The fourth-order valence-corrected chi connectivity index (χ4v) is 2.26. The van der Waals surface area contributed by atoms with Crippen molar-refractivity contribution in [3.05, 3.63) is 40.3 Å². The van der Waals surface area contributed by atoms with E-state index in [0.29, 0.717) is 18.1 Å². The molecule has 0 saturated carbocycles. The van der Waals surface area contributed by atoms with Crippen molar-refractivity contribution in [1.29, 1.82) is 0 Å². The van der Waals surface area contributed by atoms with Crippen molar-refractivity contribution in [1.82, 2.24) is 29.5 Å². The Balaban J connectivity index is 1.97. The predicted octanol–water partition coefficient (Wildman–Crippen LogP) is 1.93. The smallest absolute Gasteiger partial charge is 0.254 e. The van der Waals surface area contributed by atoms with Crippen LogP contribution in [0.15, 0.2) is 22.9 Å². The molecule has 7 nitrogen and oxygen atoms in total. The van der Waals surface area contributed by atoms with E-state index in [0.717, 1.165) is 21.8 Å². The van der Waals surface area contributed by atoms with E-state index in [1.165, 1.54) is 0 Å². The van der Waals surface area contributed by atoms with Gasteiger partial charge in [-0.15, -0.1) is 5.10 Å². The quantitative estimate of drug-likeness (QED) is 0.720. The molecule has 0 unspecified atom stereocenters. The van der Waals surface area contributed by atoms with Gasteiger partial charge in [-0.05, 0) is 29.8 Å². The van der Waals surface area contributed by atoms with Crippen molar-refractivity contribution in [3.63, 3.8) is 0 Å². The third-order valence-corrected chi connectivity index (χ3v) is 3.38. The number of fused-ring (bicyclic) bond motifs is 1. The zero-order valence-corrected chi connectivity index (χ0v) is 13.5. The summed E-state index contributed by atoms with van der Waals surface area (Å²) in [6, 6.07) is 1.97. The summed E-state index contributed by atoms with van der Waals surface area (Å²) >= 11 is 3.33. The second-order valence-electron chi connectivity index (χ2n) is 4.80. The first-order valence-electron chi connectivity index (χ1n) is 6.41. The lowest BCUT2D eigenvalue weighted by Gasteiger charge is -2.19. The predicted molar refractivity (Wildman–Crippen MR) is 82.1 cm³/mol. The number of aromatic nitrogens is 6. The number of rotatable bonds is 3. The zero-order chi connectivity index (χ0) is 15.0. The second-order valence-corrected chi connectivity index (χ2v) is 5.72. The van der Waals surface area contributed by atoms with Crippen LogP contribution in [0.1, 0.15) is 17.3 Å². The number of hydrogen-bond acceptors (Lipinski definition) is 6. The molecule has 0 saturated heterocycles. The summed E-state index contributed by atoms with van der Waals surface area (Å²) in [5.41, 5.74) is 0.897. The molecule has 0 fully saturated rings. The summed E-state index contributed by atoms with van der Waals surface area (Å²) < 4.78 is 2.60. The summed E-state index contributed by atoms with van der Waals surface area (Å²) in [5, 5.41) is 4.38. The molecular formula is C13H14BrN7. The minimum Gasteiger partial charge on any atom is -0.352 e. The summed E-state index contributed by atoms with van der Waals surface area (Å²) in [5.74, 6) is 2.94. The fourth-order valence-electron chi connectivity index (χ4n) is 2.05. The van der Waals surface area contributed by atoms with Gasteiger partial charge in [0.05, 0.1) is 11.0 Å². The highest BCUT2D eigenvalue weighted by Gasteiger charge is 2.12. The Morgan fingerprint density at radius 1 is 1.19 bits per heavy atom. The van der Waals surface area contributed by atoms with E-state index >= 15 is 0 Å². The highest BCUT2D eigenvalue weighted by atomic mass is 79.9. The zero-order valence-electron chi connectivity index (χ0n) is 11.9. The van der Waals surface area contributed by atoms with E-state index in [1.54, 1.807) is 16.9 Å². The van der Waals surface area contributed by atoms with Crippen LogP contribution in [0.2, 0.25) is 0 Å². The number of nitrogens with zero attached hydrogens (tertiary/aromatic N) is 7. The van der Waals surface area contributed by atoms with Gasteiger partial charge < -0.3 is 4.90 Å². The van der Waals surface area contributed by atoms with Crippen LogP contribution in [0.4, 0.5) is 5.82 Å². The molecule has 0 aromatic carbocycles. The van der Waals surface area contributed by atoms with Gasteiger partial charge in [-0.25, -0.2) is 15.0 Å². The second kappa shape index (κ2) is 5.36. The minimum absolute atomic E-state index is 0.574. The highest BCUT2D eigenvalue weighted by Crippen LogP contribution is 2.17. The Hall–Kier alpha value is -2.09. The number of anilines is 1. The Morgan fingerprint density at radius 3 is 2.62 bits per heavy atom. The fraction of sp³-hybridized carbons (Fsp3) is 0.308. The maximum absolute atomic E-state index is 4.38. The van der Waals surface area contributed by atoms with Crippen LogP contribution in [0.3, 0.4) is 0 Å². The van der Waals surface area contributed by atoms with Crippen LogP contribution in [-0.2, 0) is 6.54 Å². The molecule has 0 bridgehead atoms. The Morgan fingerprint density at radius 2 is 1.90 bits per heavy atom. The molecule has 0 atom stereocenters. The van der Waals surface area contributed by atoms with Gasteiger partial charge in [-0.1, -0.05) is 0 Å². The third-order valence-electron chi connectivity index (χ3n) is 2.97. The lowest BCUT2D eigenvalue weighted by atomic mass is 10.4. The SMILES string of the molecule is Cc1cc(N(C)Cc2ncc(Br)cn2)n2nc(C)nc2n1. The topological polar surface area (TPSA) is 72.1 Å². The lowest BCUT2D eigenvalue weighted by Crippen LogP contribution is -2.21. The molecule has 108 valence electrons. The van der Waals surface area contributed by atoms with Gasteiger partial charge in [0.15, 0.2) is 0 Å². The van der Waals surface area contributed by atoms with Crippen LogP contribution in [0, 0.1) is 13.8 Å². The van der Waals surface area contributed by atoms with Crippen molar-refractivity contribution in [2.24, 2.45) is 0 Å². The first-order valence-corrected chi connectivity index (χ1v) is 7.21. The molecular weight excluding hydrogens is 334 g/mol. The number of halogens is 1. The molecule has 8 heteroatoms. The van der Waals surface area contributed by atoms with Crippen LogP contribution < -0.4 is 4.90 Å². The van der Waals surface area contributed by atoms with Crippen molar-refractivity contribution in [3.8, 4) is 0 Å². The van der Waals surface area contributed by atoms with Crippen LogP contribution >= 0.6 is 15.9 Å². The standard InChI is InChI=1S/C13H14BrN7/c1-8-4-12(21-13(17-8)18-9(2)19-21)20(3)7-11-15-5-10(14)6-16-11/h4-6H,7H2,1-3H3. The Labute approximate surface area is 130 Å². The van der Waals surface area contributed by atoms with Crippen molar-refractivity contribution in [2.75, 3.05) is 11.9 Å². The van der Waals surface area contributed by atoms with Gasteiger partial charge in [-0.2, -0.15) is 9.50 Å². The molecule has 0 N–H and O–H groups in total. The normalized spacial score (nSPS) is 11.0. The van der Waals surface area contributed by atoms with Crippen LogP contribution in [-0.4, -0.2) is 36.6 Å². The molecule has 3 aromatic heterocycles. The monoisotopic (exact) mass is 347 g/mol. The van der Waals surface area contributed by atoms with Crippen molar-refractivity contribution in [2.45, 2.75) is 20.4 Å². The van der Waals surface area contributed by atoms with Gasteiger partial charge in [-0.3, -0.25) is 0 Å². The molecule has 0 aliphatic heterocycles. The molecule has 0 aliphatic rings. The van der Waals surface area contributed by atoms with E-state index in [-0.39, 0.29) is 0 Å². The van der Waals surface area contributed by atoms with Crippen molar-refractivity contribution < 1.29 is 0 Å². The molecule has 21 heavy (non-hydrogen) atoms. The Bertz CT molecular complexity index is 781. The maximum Gasteiger partial charge on any atom is 0.254 e. The Kier molecular flexibility index (Phi) is 3.54. The minimum atomic E-state index is 0.574. The number of hydrogen-bond donors (Lipinski definition) is 0. The van der Waals surface area contributed by atoms with Gasteiger partial charge in [0.2, 0.25) is 0 Å². The first-order chi connectivity index (χ1) is 10.0. The summed E-state index contributed by atoms with van der Waals surface area (Å²) in [6.07, 6.45) is 3.48. The van der Waals surface area contributed by atoms with Crippen molar-refractivity contribution >= 4 is 27.5 Å². The molecule has 3 heterocycles. The van der Waals surface area contributed by atoms with Crippen LogP contribution in [0.5, 0.6) is 0 Å². The molecule has 0 radical (unpaired) electrons. The van der Waals surface area contributed by atoms with Gasteiger partial charge in [0.1, 0.15) is 17.5 Å². The number of aryl methyl sites for hydroxylation is 2. The van der Waals surface area contributed by atoms with E-state index in [4.69, 9.17) is 0 Å². The van der Waals surface area contributed by atoms with Gasteiger partial charge in [0, 0.05) is 31.2 Å². The summed E-state index contributed by atoms with van der Waals surface area (Å²) in [7, 11) is 1.97. The molecule has 0 amide bonds. The molecule has 3 rings (SSSR count). The largest absolute Gasteiger partial charge is 0.352 e. The average Bonchev–Trinajstić information content (AvgIpc) is 2.80. The van der Waals surface area contributed by atoms with E-state index in [1.807, 2.05) is 31.9 Å². The first kappa shape index (κ1) is 13.9.